The molecular weight excluding hydrogens is 230 g/mol. The van der Waals surface area contributed by atoms with E-state index in [0.717, 1.165) is 12.1 Å². The lowest BCUT2D eigenvalue weighted by Crippen LogP contribution is -2.21. The van der Waals surface area contributed by atoms with Gasteiger partial charge in [-0.15, -0.1) is 0 Å². The molecule has 6 heteroatoms. The molecule has 0 heterocycles. The molecule has 1 aromatic rings. The van der Waals surface area contributed by atoms with Crippen molar-refractivity contribution in [2.45, 2.75) is 19.4 Å². The smallest absolute Gasteiger partial charge is 0.255 e. The van der Waals surface area contributed by atoms with Crippen LogP contribution in [0.25, 0.3) is 0 Å². The average molecular weight is 244 g/mol. The Kier molecular flexibility index (Phi) is 4.39. The number of hydrogen-bond donors (Lipinski definition) is 2. The number of carbonyl (C=O) groups excluding carboxylic acids is 1. The van der Waals surface area contributed by atoms with Gasteiger partial charge in [0.15, 0.2) is 24.0 Å². The first kappa shape index (κ1) is 13.4. The van der Waals surface area contributed by atoms with Gasteiger partial charge in [0.25, 0.3) is 5.91 Å². The summed E-state index contributed by atoms with van der Waals surface area (Å²) in [6, 6.07) is 2.05. The van der Waals surface area contributed by atoms with Crippen LogP contribution in [0.5, 0.6) is 5.75 Å². The summed E-state index contributed by atoms with van der Waals surface area (Å²) in [4.78, 5) is 10.4. The predicted octanol–water partition coefficient (Wildman–Crippen LogP) is 0.719. The molecule has 1 atom stereocenters. The Labute approximate surface area is 97.5 Å². The lowest BCUT2D eigenvalue weighted by Gasteiger charge is -2.10. The van der Waals surface area contributed by atoms with Crippen molar-refractivity contribution in [1.82, 2.24) is 0 Å². The van der Waals surface area contributed by atoms with Gasteiger partial charge >= 0.3 is 0 Å². The Balaban J connectivity index is 2.90. The standard InChI is InChI=1S/C11H14F2N2O2/c1-6(14)2-7-3-8(12)11(9(13)4-7)17-5-10(15)16/h3-4,6H,2,5,14H2,1H3,(H2,15,16). The van der Waals surface area contributed by atoms with E-state index in [1.807, 2.05) is 0 Å². The molecule has 4 N–H and O–H groups in total. The molecule has 0 spiro atoms. The third kappa shape index (κ3) is 3.99. The van der Waals surface area contributed by atoms with Gasteiger partial charge in [-0.1, -0.05) is 0 Å². The number of carbonyl (C=O) groups is 1. The molecule has 1 rings (SSSR count). The van der Waals surface area contributed by atoms with Gasteiger partial charge < -0.3 is 16.2 Å². The monoisotopic (exact) mass is 244 g/mol. The van der Waals surface area contributed by atoms with Crippen LogP contribution in [-0.4, -0.2) is 18.6 Å². The first-order valence-corrected chi connectivity index (χ1v) is 5.04. The fraction of sp³-hybridized carbons (Fsp3) is 0.364. The maximum atomic E-state index is 13.5. The lowest BCUT2D eigenvalue weighted by atomic mass is 10.1. The number of primary amides is 1. The van der Waals surface area contributed by atoms with E-state index >= 15 is 0 Å². The van der Waals surface area contributed by atoms with Crippen molar-refractivity contribution >= 4 is 5.91 Å². The number of rotatable bonds is 5. The first-order valence-electron chi connectivity index (χ1n) is 5.04. The fourth-order valence-corrected chi connectivity index (χ4v) is 1.38. The molecule has 0 aliphatic rings. The van der Waals surface area contributed by atoms with Gasteiger partial charge in [-0.2, -0.15) is 0 Å². The second-order valence-corrected chi connectivity index (χ2v) is 3.82. The number of benzene rings is 1. The van der Waals surface area contributed by atoms with Crippen LogP contribution in [-0.2, 0) is 11.2 Å². The largest absolute Gasteiger partial charge is 0.478 e. The number of ether oxygens (including phenoxy) is 1. The quantitative estimate of drug-likeness (QED) is 0.801. The van der Waals surface area contributed by atoms with Crippen molar-refractivity contribution in [1.29, 1.82) is 0 Å². The van der Waals surface area contributed by atoms with E-state index in [2.05, 4.69) is 4.74 Å². The molecule has 1 aromatic carbocycles. The Morgan fingerprint density at radius 1 is 1.41 bits per heavy atom. The summed E-state index contributed by atoms with van der Waals surface area (Å²) in [6.45, 7) is 1.16. The van der Waals surface area contributed by atoms with E-state index < -0.39 is 29.9 Å². The molecule has 0 radical (unpaired) electrons. The third-order valence-electron chi connectivity index (χ3n) is 1.97. The topological polar surface area (TPSA) is 78.3 Å². The van der Waals surface area contributed by atoms with Crippen molar-refractivity contribution in [3.63, 3.8) is 0 Å². The van der Waals surface area contributed by atoms with Crippen molar-refractivity contribution in [3.8, 4) is 5.75 Å². The summed E-state index contributed by atoms with van der Waals surface area (Å²) in [6.07, 6.45) is 0.351. The minimum Gasteiger partial charge on any atom is -0.478 e. The number of nitrogens with two attached hydrogens (primary N) is 2. The van der Waals surface area contributed by atoms with Gasteiger partial charge in [-0.25, -0.2) is 8.78 Å². The molecule has 0 saturated heterocycles. The fourth-order valence-electron chi connectivity index (χ4n) is 1.38. The zero-order valence-electron chi connectivity index (χ0n) is 9.37. The second-order valence-electron chi connectivity index (χ2n) is 3.82. The zero-order valence-corrected chi connectivity index (χ0v) is 9.37. The van der Waals surface area contributed by atoms with E-state index in [4.69, 9.17) is 11.5 Å². The molecule has 0 aromatic heterocycles. The summed E-state index contributed by atoms with van der Waals surface area (Å²) in [5, 5.41) is 0. The van der Waals surface area contributed by atoms with E-state index in [9.17, 15) is 13.6 Å². The van der Waals surface area contributed by atoms with Gasteiger partial charge in [0, 0.05) is 6.04 Å². The zero-order chi connectivity index (χ0) is 13.0. The minimum absolute atomic E-state index is 0.203. The Bertz CT molecular complexity index is 399. The number of halogens is 2. The van der Waals surface area contributed by atoms with Crippen molar-refractivity contribution in [3.05, 3.63) is 29.3 Å². The van der Waals surface area contributed by atoms with Gasteiger partial charge in [0.05, 0.1) is 0 Å². The molecule has 0 fully saturated rings. The molecule has 0 saturated carbocycles. The SMILES string of the molecule is CC(N)Cc1cc(F)c(OCC(N)=O)c(F)c1. The Morgan fingerprint density at radius 2 is 1.94 bits per heavy atom. The molecule has 17 heavy (non-hydrogen) atoms. The molecule has 0 aliphatic carbocycles. The van der Waals surface area contributed by atoms with Crippen LogP contribution in [0.15, 0.2) is 12.1 Å². The summed E-state index contributed by atoms with van der Waals surface area (Å²) in [7, 11) is 0. The van der Waals surface area contributed by atoms with Crippen LogP contribution in [0, 0.1) is 11.6 Å². The molecule has 0 bridgehead atoms. The first-order chi connectivity index (χ1) is 7.90. The normalized spacial score (nSPS) is 12.2. The second kappa shape index (κ2) is 5.58. The van der Waals surface area contributed by atoms with E-state index in [1.54, 1.807) is 6.92 Å². The highest BCUT2D eigenvalue weighted by Gasteiger charge is 2.14. The number of hydrogen-bond acceptors (Lipinski definition) is 3. The predicted molar refractivity (Wildman–Crippen MR) is 58.4 cm³/mol. The van der Waals surface area contributed by atoms with E-state index in [0.29, 0.717) is 12.0 Å². The van der Waals surface area contributed by atoms with E-state index in [1.165, 1.54) is 0 Å². The highest BCUT2D eigenvalue weighted by molar-refractivity contribution is 5.75. The Hall–Kier alpha value is -1.69. The van der Waals surface area contributed by atoms with Crippen LogP contribution in [0.4, 0.5) is 8.78 Å². The minimum atomic E-state index is -0.873. The van der Waals surface area contributed by atoms with Crippen LogP contribution < -0.4 is 16.2 Å². The van der Waals surface area contributed by atoms with Crippen LogP contribution in [0.2, 0.25) is 0 Å². The third-order valence-corrected chi connectivity index (χ3v) is 1.97. The summed E-state index contributed by atoms with van der Waals surface area (Å²) in [5.41, 5.74) is 10.8. The number of amides is 1. The Morgan fingerprint density at radius 3 is 2.35 bits per heavy atom. The van der Waals surface area contributed by atoms with Crippen molar-refractivity contribution in [2.24, 2.45) is 11.5 Å². The van der Waals surface area contributed by atoms with E-state index in [-0.39, 0.29) is 6.04 Å². The van der Waals surface area contributed by atoms with Gasteiger partial charge in [0.1, 0.15) is 0 Å². The van der Waals surface area contributed by atoms with Gasteiger partial charge in [-0.05, 0) is 31.0 Å². The summed E-state index contributed by atoms with van der Waals surface area (Å²) >= 11 is 0. The maximum absolute atomic E-state index is 13.5. The van der Waals surface area contributed by atoms with Crippen LogP contribution in [0.3, 0.4) is 0 Å². The van der Waals surface area contributed by atoms with Gasteiger partial charge in [-0.3, -0.25) is 4.79 Å². The highest BCUT2D eigenvalue weighted by atomic mass is 19.1. The molecule has 94 valence electrons. The average Bonchev–Trinajstić information content (AvgIpc) is 2.14. The lowest BCUT2D eigenvalue weighted by molar-refractivity contribution is -0.120. The summed E-state index contributed by atoms with van der Waals surface area (Å²) in [5.74, 6) is -3.15. The van der Waals surface area contributed by atoms with Gasteiger partial charge in [0.2, 0.25) is 0 Å². The van der Waals surface area contributed by atoms with Crippen molar-refractivity contribution in [2.75, 3.05) is 6.61 Å². The molecule has 1 unspecified atom stereocenters. The molecule has 0 aliphatic heterocycles. The van der Waals surface area contributed by atoms with Crippen LogP contribution in [0.1, 0.15) is 12.5 Å². The maximum Gasteiger partial charge on any atom is 0.255 e. The summed E-state index contributed by atoms with van der Waals surface area (Å²) < 4.78 is 31.5. The molecular formula is C11H14F2N2O2. The van der Waals surface area contributed by atoms with Crippen molar-refractivity contribution < 1.29 is 18.3 Å². The molecule has 1 amide bonds. The van der Waals surface area contributed by atoms with Crippen LogP contribution >= 0.6 is 0 Å². The molecule has 4 nitrogen and oxygen atoms in total. The highest BCUT2D eigenvalue weighted by Crippen LogP contribution is 2.23.